The van der Waals surface area contributed by atoms with Crippen LogP contribution in [-0.4, -0.2) is 61.1 Å². The number of nitriles is 1. The zero-order valence-corrected chi connectivity index (χ0v) is 22.7. The van der Waals surface area contributed by atoms with Gasteiger partial charge < -0.3 is 10.2 Å². The highest BCUT2D eigenvalue weighted by Gasteiger charge is 2.40. The van der Waals surface area contributed by atoms with E-state index in [0.717, 1.165) is 49.3 Å². The number of hydrogen-bond donors (Lipinski definition) is 1. The molecule has 0 spiro atoms. The van der Waals surface area contributed by atoms with Crippen LogP contribution in [0.2, 0.25) is 0 Å². The Morgan fingerprint density at radius 3 is 2.58 bits per heavy atom. The van der Waals surface area contributed by atoms with Gasteiger partial charge in [0.05, 0.1) is 35.4 Å². The maximum atomic E-state index is 13.1. The molecule has 1 saturated heterocycles. The van der Waals surface area contributed by atoms with Crippen molar-refractivity contribution in [2.24, 2.45) is 18.4 Å². The summed E-state index contributed by atoms with van der Waals surface area (Å²) in [5.41, 5.74) is 3.62. The predicted octanol–water partition coefficient (Wildman–Crippen LogP) is 3.92. The highest BCUT2D eigenvalue weighted by Crippen LogP contribution is 2.37. The van der Waals surface area contributed by atoms with Crippen molar-refractivity contribution in [3.05, 3.63) is 48.7 Å². The third-order valence-electron chi connectivity index (χ3n) is 8.57. The minimum atomic E-state index is -0.704. The monoisotopic (exact) mass is 541 g/mol. The maximum absolute atomic E-state index is 13.1. The van der Waals surface area contributed by atoms with Crippen molar-refractivity contribution in [2.45, 2.75) is 45.2 Å². The topological polar surface area (TPSA) is 117 Å². The van der Waals surface area contributed by atoms with E-state index >= 15 is 0 Å². The first-order chi connectivity index (χ1) is 19.4. The number of piperidine rings is 1. The molecule has 0 aromatic carbocycles. The average molecular weight is 542 g/mol. The number of amides is 1. The van der Waals surface area contributed by atoms with Gasteiger partial charge in [0.15, 0.2) is 0 Å². The number of halogens is 1. The third-order valence-corrected chi connectivity index (χ3v) is 8.57. The SMILES string of the molecule is CCC1(C(=O)NC[C@H]2C[C@@H](F)C2)CCN(c2ccc(-c3nc(-c4cnn(C)c4)cn4ncc(C#N)c34)cn2)CC1. The van der Waals surface area contributed by atoms with E-state index in [2.05, 4.69) is 33.4 Å². The molecule has 0 radical (unpaired) electrons. The second kappa shape index (κ2) is 10.3. The van der Waals surface area contributed by atoms with Gasteiger partial charge in [-0.1, -0.05) is 6.92 Å². The van der Waals surface area contributed by atoms with Crippen LogP contribution in [0.25, 0.3) is 28.0 Å². The molecule has 1 aliphatic carbocycles. The molecule has 40 heavy (non-hydrogen) atoms. The smallest absolute Gasteiger partial charge is 0.226 e. The number of nitrogens with one attached hydrogen (secondary N) is 1. The van der Waals surface area contributed by atoms with Gasteiger partial charge in [0.25, 0.3) is 0 Å². The van der Waals surface area contributed by atoms with Gasteiger partial charge in [-0.25, -0.2) is 18.9 Å². The highest BCUT2D eigenvalue weighted by atomic mass is 19.1. The van der Waals surface area contributed by atoms with E-state index in [-0.39, 0.29) is 11.8 Å². The molecule has 0 unspecified atom stereocenters. The summed E-state index contributed by atoms with van der Waals surface area (Å²) in [6.07, 6.45) is 11.4. The first-order valence-corrected chi connectivity index (χ1v) is 13.8. The maximum Gasteiger partial charge on any atom is 0.226 e. The number of carbonyl (C=O) groups excluding carboxylic acids is 1. The molecule has 1 amide bonds. The molecule has 1 N–H and O–H groups in total. The molecule has 0 atom stereocenters. The lowest BCUT2D eigenvalue weighted by atomic mass is 9.75. The van der Waals surface area contributed by atoms with Crippen molar-refractivity contribution >= 4 is 17.2 Å². The summed E-state index contributed by atoms with van der Waals surface area (Å²) in [5.74, 6) is 1.20. The van der Waals surface area contributed by atoms with E-state index in [1.54, 1.807) is 34.0 Å². The first-order valence-electron chi connectivity index (χ1n) is 13.8. The summed E-state index contributed by atoms with van der Waals surface area (Å²) < 4.78 is 16.5. The van der Waals surface area contributed by atoms with E-state index in [4.69, 9.17) is 9.97 Å². The number of aryl methyl sites for hydroxylation is 1. The van der Waals surface area contributed by atoms with Gasteiger partial charge in [0, 0.05) is 50.2 Å². The van der Waals surface area contributed by atoms with E-state index < -0.39 is 11.6 Å². The summed E-state index contributed by atoms with van der Waals surface area (Å²) in [6, 6.07) is 6.15. The fourth-order valence-corrected chi connectivity index (χ4v) is 5.85. The van der Waals surface area contributed by atoms with Gasteiger partial charge in [0.2, 0.25) is 5.91 Å². The van der Waals surface area contributed by atoms with Crippen LogP contribution in [0.1, 0.15) is 44.6 Å². The molecule has 10 nitrogen and oxygen atoms in total. The number of hydrogen-bond acceptors (Lipinski definition) is 7. The van der Waals surface area contributed by atoms with E-state index in [1.807, 2.05) is 25.4 Å². The zero-order valence-electron chi connectivity index (χ0n) is 22.7. The second-order valence-corrected chi connectivity index (χ2v) is 11.0. The van der Waals surface area contributed by atoms with Crippen LogP contribution in [0.4, 0.5) is 10.2 Å². The third kappa shape index (κ3) is 4.68. The van der Waals surface area contributed by atoms with Crippen LogP contribution in [0.15, 0.2) is 43.1 Å². The minimum absolute atomic E-state index is 0.0953. The van der Waals surface area contributed by atoms with Crippen molar-refractivity contribution in [2.75, 3.05) is 24.5 Å². The van der Waals surface area contributed by atoms with Crippen molar-refractivity contribution in [3.63, 3.8) is 0 Å². The number of pyridine rings is 1. The number of fused-ring (bicyclic) bond motifs is 1. The Labute approximate surface area is 231 Å². The Morgan fingerprint density at radius 2 is 1.95 bits per heavy atom. The number of nitrogens with zero attached hydrogens (tertiary/aromatic N) is 8. The normalized spacial score (nSPS) is 20.2. The molecule has 206 valence electrons. The Morgan fingerprint density at radius 1 is 1.15 bits per heavy atom. The van der Waals surface area contributed by atoms with Crippen LogP contribution in [0, 0.1) is 22.7 Å². The van der Waals surface area contributed by atoms with Gasteiger partial charge in [-0.3, -0.25) is 9.48 Å². The molecular weight excluding hydrogens is 509 g/mol. The fourth-order valence-electron chi connectivity index (χ4n) is 5.85. The van der Waals surface area contributed by atoms with Crippen LogP contribution >= 0.6 is 0 Å². The largest absolute Gasteiger partial charge is 0.357 e. The molecule has 6 rings (SSSR count). The van der Waals surface area contributed by atoms with Crippen molar-refractivity contribution < 1.29 is 9.18 Å². The number of aromatic nitrogens is 6. The molecule has 5 heterocycles. The molecule has 11 heteroatoms. The van der Waals surface area contributed by atoms with E-state index in [1.165, 1.54) is 0 Å². The fraction of sp³-hybridized carbons (Fsp3) is 0.448. The lowest BCUT2D eigenvalue weighted by Gasteiger charge is -2.41. The first kappa shape index (κ1) is 25.9. The van der Waals surface area contributed by atoms with Crippen LogP contribution in [-0.2, 0) is 11.8 Å². The summed E-state index contributed by atoms with van der Waals surface area (Å²) in [7, 11) is 1.85. The molecular formula is C29H32FN9O. The standard InChI is InChI=1S/C29H32FN9O/c1-3-29(28(40)33-13-19-10-23(30)11-19)6-8-38(9-7-29)25-5-4-20(14-32-25)26-27-21(12-31)15-35-39(27)18-24(36-26)22-16-34-37(2)17-22/h4-5,14-19,23H,3,6-11,13H2,1-2H3,(H,33,40)/t19-,23+. The van der Waals surface area contributed by atoms with Crippen molar-refractivity contribution in [1.82, 2.24) is 34.7 Å². The summed E-state index contributed by atoms with van der Waals surface area (Å²) >= 11 is 0. The van der Waals surface area contributed by atoms with E-state index in [0.29, 0.717) is 41.9 Å². The summed E-state index contributed by atoms with van der Waals surface area (Å²) in [6.45, 7) is 4.10. The number of alkyl halides is 1. The molecule has 2 aliphatic rings. The Kier molecular flexibility index (Phi) is 6.70. The summed E-state index contributed by atoms with van der Waals surface area (Å²) in [5, 5.41) is 21.4. The van der Waals surface area contributed by atoms with Crippen molar-refractivity contribution in [1.29, 1.82) is 5.26 Å². The lowest BCUT2D eigenvalue weighted by Crippen LogP contribution is -2.50. The average Bonchev–Trinajstić information content (AvgIpc) is 3.60. The minimum Gasteiger partial charge on any atom is -0.357 e. The Hall–Kier alpha value is -4.33. The zero-order chi connectivity index (χ0) is 27.9. The van der Waals surface area contributed by atoms with Crippen LogP contribution in [0.5, 0.6) is 0 Å². The Balaban J connectivity index is 1.20. The molecule has 1 saturated carbocycles. The molecule has 0 bridgehead atoms. The Bertz CT molecular complexity index is 1570. The van der Waals surface area contributed by atoms with Gasteiger partial charge in [-0.15, -0.1) is 0 Å². The number of rotatable bonds is 7. The van der Waals surface area contributed by atoms with E-state index in [9.17, 15) is 14.4 Å². The van der Waals surface area contributed by atoms with Gasteiger partial charge in [-0.2, -0.15) is 15.5 Å². The molecule has 4 aromatic heterocycles. The lowest BCUT2D eigenvalue weighted by molar-refractivity contribution is -0.133. The van der Waals surface area contributed by atoms with Gasteiger partial charge in [-0.05, 0) is 50.2 Å². The van der Waals surface area contributed by atoms with Gasteiger partial charge >= 0.3 is 0 Å². The molecule has 2 fully saturated rings. The number of carbonyl (C=O) groups is 1. The molecule has 1 aliphatic heterocycles. The second-order valence-electron chi connectivity index (χ2n) is 11.0. The van der Waals surface area contributed by atoms with Crippen molar-refractivity contribution in [3.8, 4) is 28.6 Å². The quantitative estimate of drug-likeness (QED) is 0.377. The number of anilines is 1. The predicted molar refractivity (Wildman–Crippen MR) is 148 cm³/mol. The molecule has 4 aromatic rings. The highest BCUT2D eigenvalue weighted by molar-refractivity contribution is 5.84. The van der Waals surface area contributed by atoms with Crippen LogP contribution < -0.4 is 10.2 Å². The van der Waals surface area contributed by atoms with Crippen LogP contribution in [0.3, 0.4) is 0 Å². The summed E-state index contributed by atoms with van der Waals surface area (Å²) in [4.78, 5) is 25.0. The van der Waals surface area contributed by atoms with Gasteiger partial charge in [0.1, 0.15) is 29.1 Å².